The van der Waals surface area contributed by atoms with E-state index in [1.54, 1.807) is 0 Å². The molecule has 1 aliphatic carbocycles. The Morgan fingerprint density at radius 3 is 2.44 bits per heavy atom. The van der Waals surface area contributed by atoms with E-state index < -0.39 is 0 Å². The summed E-state index contributed by atoms with van der Waals surface area (Å²) in [5, 5.41) is 6.29. The highest BCUT2D eigenvalue weighted by atomic mass is 16.1. The molecule has 1 rings (SSSR count). The number of carbonyl (C=O) groups excluding carboxylic acids is 1. The first-order valence-corrected chi connectivity index (χ1v) is 6.67. The molecule has 1 unspecified atom stereocenters. The van der Waals surface area contributed by atoms with E-state index in [0.717, 1.165) is 25.3 Å². The van der Waals surface area contributed by atoms with Crippen LogP contribution in [0, 0.1) is 11.8 Å². The molecular formula is C13H26N2O. The summed E-state index contributed by atoms with van der Waals surface area (Å²) in [6, 6.07) is 0.297. The fraction of sp³-hybridized carbons (Fsp3) is 0.923. The van der Waals surface area contributed by atoms with Crippen LogP contribution in [0.1, 0.15) is 46.5 Å². The van der Waals surface area contributed by atoms with Crippen LogP contribution in [-0.2, 0) is 4.79 Å². The molecule has 0 saturated heterocycles. The second-order valence-corrected chi connectivity index (χ2v) is 5.01. The van der Waals surface area contributed by atoms with Crippen molar-refractivity contribution in [1.82, 2.24) is 10.6 Å². The zero-order valence-corrected chi connectivity index (χ0v) is 10.9. The second kappa shape index (κ2) is 6.89. The molecule has 94 valence electrons. The molecule has 0 aromatic carbocycles. The minimum absolute atomic E-state index is 0.139. The quantitative estimate of drug-likeness (QED) is 0.664. The molecule has 0 spiro atoms. The van der Waals surface area contributed by atoms with Crippen molar-refractivity contribution < 1.29 is 4.79 Å². The topological polar surface area (TPSA) is 41.1 Å². The first-order chi connectivity index (χ1) is 7.67. The Hall–Kier alpha value is -0.570. The van der Waals surface area contributed by atoms with Gasteiger partial charge in [0.05, 0.1) is 6.54 Å². The van der Waals surface area contributed by atoms with Gasteiger partial charge in [0.1, 0.15) is 0 Å². The lowest BCUT2D eigenvalue weighted by molar-refractivity contribution is -0.121. The van der Waals surface area contributed by atoms with Gasteiger partial charge in [0.2, 0.25) is 5.91 Å². The highest BCUT2D eigenvalue weighted by Gasteiger charge is 2.21. The van der Waals surface area contributed by atoms with Crippen LogP contribution in [0.25, 0.3) is 0 Å². The number of amides is 1. The Morgan fingerprint density at radius 2 is 1.94 bits per heavy atom. The van der Waals surface area contributed by atoms with Crippen LogP contribution in [0.5, 0.6) is 0 Å². The van der Waals surface area contributed by atoms with Gasteiger partial charge in [-0.1, -0.05) is 26.7 Å². The van der Waals surface area contributed by atoms with E-state index in [-0.39, 0.29) is 5.91 Å². The van der Waals surface area contributed by atoms with Crippen LogP contribution < -0.4 is 10.6 Å². The molecule has 1 aliphatic rings. The van der Waals surface area contributed by atoms with Crippen molar-refractivity contribution in [3.8, 4) is 0 Å². The van der Waals surface area contributed by atoms with Crippen LogP contribution >= 0.6 is 0 Å². The molecule has 1 amide bonds. The van der Waals surface area contributed by atoms with Crippen LogP contribution in [0.2, 0.25) is 0 Å². The Labute approximate surface area is 99.4 Å². The smallest absolute Gasteiger partial charge is 0.234 e. The van der Waals surface area contributed by atoms with Crippen molar-refractivity contribution in [2.24, 2.45) is 11.8 Å². The van der Waals surface area contributed by atoms with Crippen LogP contribution in [-0.4, -0.2) is 25.0 Å². The van der Waals surface area contributed by atoms with Crippen molar-refractivity contribution in [2.45, 2.75) is 52.5 Å². The minimum atomic E-state index is 0.139. The van der Waals surface area contributed by atoms with E-state index in [2.05, 4.69) is 31.4 Å². The number of nitrogens with one attached hydrogen (secondary N) is 2. The van der Waals surface area contributed by atoms with E-state index in [1.807, 2.05) is 0 Å². The van der Waals surface area contributed by atoms with Gasteiger partial charge in [0.25, 0.3) is 0 Å². The second-order valence-electron chi connectivity index (χ2n) is 5.01. The molecule has 1 fully saturated rings. The lowest BCUT2D eigenvalue weighted by Crippen LogP contribution is -2.42. The fourth-order valence-electron chi connectivity index (χ4n) is 2.13. The molecule has 3 heteroatoms. The van der Waals surface area contributed by atoms with Crippen molar-refractivity contribution in [1.29, 1.82) is 0 Å². The van der Waals surface area contributed by atoms with Gasteiger partial charge in [-0.25, -0.2) is 0 Å². The summed E-state index contributed by atoms with van der Waals surface area (Å²) in [5.41, 5.74) is 0. The highest BCUT2D eigenvalue weighted by molar-refractivity contribution is 5.78. The summed E-state index contributed by atoms with van der Waals surface area (Å²) >= 11 is 0. The van der Waals surface area contributed by atoms with Crippen LogP contribution in [0.4, 0.5) is 0 Å². The van der Waals surface area contributed by atoms with E-state index >= 15 is 0 Å². The number of hydrogen-bond acceptors (Lipinski definition) is 2. The standard InChI is InChI=1S/C13H26N2O/c1-4-12(5-2)10(3)15-13(16)9-14-8-11-6-7-11/h10-12,14H,4-9H2,1-3H3,(H,15,16). The molecule has 0 bridgehead atoms. The van der Waals surface area contributed by atoms with Crippen molar-refractivity contribution in [3.05, 3.63) is 0 Å². The Balaban J connectivity index is 2.10. The van der Waals surface area contributed by atoms with Crippen LogP contribution in [0.3, 0.4) is 0 Å². The summed E-state index contributed by atoms with van der Waals surface area (Å²) in [5.74, 6) is 1.58. The molecule has 3 nitrogen and oxygen atoms in total. The van der Waals surface area contributed by atoms with E-state index in [0.29, 0.717) is 18.5 Å². The Morgan fingerprint density at radius 1 is 1.31 bits per heavy atom. The molecule has 16 heavy (non-hydrogen) atoms. The maximum Gasteiger partial charge on any atom is 0.234 e. The lowest BCUT2D eigenvalue weighted by atomic mass is 9.95. The fourth-order valence-corrected chi connectivity index (χ4v) is 2.13. The third kappa shape index (κ3) is 4.97. The molecule has 0 aromatic heterocycles. The third-order valence-electron chi connectivity index (χ3n) is 3.56. The third-order valence-corrected chi connectivity index (χ3v) is 3.56. The van der Waals surface area contributed by atoms with E-state index in [9.17, 15) is 4.79 Å². The summed E-state index contributed by atoms with van der Waals surface area (Å²) < 4.78 is 0. The Kier molecular flexibility index (Phi) is 5.81. The van der Waals surface area contributed by atoms with Gasteiger partial charge in [-0.2, -0.15) is 0 Å². The maximum atomic E-state index is 11.6. The molecule has 0 aromatic rings. The van der Waals surface area contributed by atoms with Crippen LogP contribution in [0.15, 0.2) is 0 Å². The summed E-state index contributed by atoms with van der Waals surface area (Å²) in [6.07, 6.45) is 4.93. The molecule has 0 radical (unpaired) electrons. The van der Waals surface area contributed by atoms with E-state index in [4.69, 9.17) is 0 Å². The lowest BCUT2D eigenvalue weighted by Gasteiger charge is -2.22. The molecule has 1 atom stereocenters. The number of hydrogen-bond donors (Lipinski definition) is 2. The predicted molar refractivity (Wildman–Crippen MR) is 67.3 cm³/mol. The molecule has 1 saturated carbocycles. The van der Waals surface area contributed by atoms with Gasteiger partial charge in [0.15, 0.2) is 0 Å². The SMILES string of the molecule is CCC(CC)C(C)NC(=O)CNCC1CC1. The van der Waals surface area contributed by atoms with Crippen molar-refractivity contribution in [3.63, 3.8) is 0 Å². The summed E-state index contributed by atoms with van der Waals surface area (Å²) in [6.45, 7) is 7.95. The largest absolute Gasteiger partial charge is 0.352 e. The average molecular weight is 226 g/mol. The van der Waals surface area contributed by atoms with E-state index in [1.165, 1.54) is 12.8 Å². The summed E-state index contributed by atoms with van der Waals surface area (Å²) in [4.78, 5) is 11.6. The molecule has 2 N–H and O–H groups in total. The monoisotopic (exact) mass is 226 g/mol. The average Bonchev–Trinajstić information content (AvgIpc) is 3.03. The summed E-state index contributed by atoms with van der Waals surface area (Å²) in [7, 11) is 0. The van der Waals surface area contributed by atoms with Gasteiger partial charge in [0, 0.05) is 6.04 Å². The zero-order valence-electron chi connectivity index (χ0n) is 10.9. The Bertz CT molecular complexity index is 210. The van der Waals surface area contributed by atoms with Crippen molar-refractivity contribution >= 4 is 5.91 Å². The predicted octanol–water partition coefficient (Wildman–Crippen LogP) is 1.93. The molecule has 0 heterocycles. The van der Waals surface area contributed by atoms with Gasteiger partial charge in [-0.15, -0.1) is 0 Å². The van der Waals surface area contributed by atoms with Crippen molar-refractivity contribution in [2.75, 3.05) is 13.1 Å². The number of rotatable bonds is 8. The highest BCUT2D eigenvalue weighted by Crippen LogP contribution is 2.27. The molecular weight excluding hydrogens is 200 g/mol. The van der Waals surface area contributed by atoms with Gasteiger partial charge < -0.3 is 10.6 Å². The zero-order chi connectivity index (χ0) is 12.0. The van der Waals surface area contributed by atoms with Gasteiger partial charge >= 0.3 is 0 Å². The first kappa shape index (κ1) is 13.5. The van der Waals surface area contributed by atoms with Gasteiger partial charge in [-0.3, -0.25) is 4.79 Å². The minimum Gasteiger partial charge on any atom is -0.352 e. The number of carbonyl (C=O) groups is 1. The first-order valence-electron chi connectivity index (χ1n) is 6.67. The molecule has 0 aliphatic heterocycles. The van der Waals surface area contributed by atoms with Gasteiger partial charge in [-0.05, 0) is 38.1 Å². The maximum absolute atomic E-state index is 11.6. The normalized spacial score (nSPS) is 17.5.